The SMILES string of the molecule is [C-]#[N+]C(N)CSCC=C(C)CCC=C(C)CCC=C(C)C. The van der Waals surface area contributed by atoms with Gasteiger partial charge in [-0.1, -0.05) is 34.9 Å². The van der Waals surface area contributed by atoms with Crippen LogP contribution >= 0.6 is 11.8 Å². The van der Waals surface area contributed by atoms with Gasteiger partial charge in [-0.15, -0.1) is 11.8 Å². The van der Waals surface area contributed by atoms with Gasteiger partial charge in [-0.3, -0.25) is 10.6 Å². The van der Waals surface area contributed by atoms with Crippen LogP contribution in [0.1, 0.15) is 53.4 Å². The van der Waals surface area contributed by atoms with Crippen molar-refractivity contribution in [1.82, 2.24) is 0 Å². The highest BCUT2D eigenvalue weighted by Gasteiger charge is 2.02. The molecule has 1 atom stereocenters. The van der Waals surface area contributed by atoms with Crippen molar-refractivity contribution in [3.63, 3.8) is 0 Å². The Morgan fingerprint density at radius 2 is 1.62 bits per heavy atom. The Morgan fingerprint density at radius 3 is 2.19 bits per heavy atom. The lowest BCUT2D eigenvalue weighted by molar-refractivity contribution is 0.917. The van der Waals surface area contributed by atoms with Gasteiger partial charge in [0.1, 0.15) is 0 Å². The summed E-state index contributed by atoms with van der Waals surface area (Å²) >= 11 is 1.73. The topological polar surface area (TPSA) is 30.4 Å². The molecule has 2 nitrogen and oxygen atoms in total. The van der Waals surface area contributed by atoms with E-state index in [0.717, 1.165) is 37.2 Å². The first kappa shape index (κ1) is 20.0. The summed E-state index contributed by atoms with van der Waals surface area (Å²) in [4.78, 5) is 3.28. The highest BCUT2D eigenvalue weighted by Crippen LogP contribution is 2.12. The fourth-order valence-corrected chi connectivity index (χ4v) is 2.62. The standard InChI is InChI=1S/C18H30N2S/c1-15(2)8-6-9-16(3)10-7-11-17(4)12-13-21-14-18(19)20-5/h8,10,12,18H,6-7,9,11,13-14,19H2,1-4H3. The second-order valence-corrected chi connectivity index (χ2v) is 6.77. The number of rotatable bonds is 10. The Bertz CT molecular complexity index is 409. The Hall–Kier alpha value is -0.980. The minimum atomic E-state index is -0.352. The van der Waals surface area contributed by atoms with E-state index in [1.54, 1.807) is 11.8 Å². The van der Waals surface area contributed by atoms with Crippen molar-refractivity contribution in [1.29, 1.82) is 0 Å². The molecule has 0 bridgehead atoms. The summed E-state index contributed by atoms with van der Waals surface area (Å²) < 4.78 is 0. The third-order valence-electron chi connectivity index (χ3n) is 3.13. The summed E-state index contributed by atoms with van der Waals surface area (Å²) in [7, 11) is 0. The molecule has 0 amide bonds. The minimum absolute atomic E-state index is 0.352. The zero-order chi connectivity index (χ0) is 16.1. The Morgan fingerprint density at radius 1 is 1.05 bits per heavy atom. The summed E-state index contributed by atoms with van der Waals surface area (Å²) in [5.74, 6) is 1.68. The predicted molar refractivity (Wildman–Crippen MR) is 97.3 cm³/mol. The Balaban J connectivity index is 3.83. The second kappa shape index (κ2) is 12.7. The van der Waals surface area contributed by atoms with E-state index >= 15 is 0 Å². The lowest BCUT2D eigenvalue weighted by Crippen LogP contribution is -2.17. The molecule has 0 radical (unpaired) electrons. The van der Waals surface area contributed by atoms with Crippen molar-refractivity contribution < 1.29 is 0 Å². The fourth-order valence-electron chi connectivity index (χ4n) is 1.77. The molecule has 1 unspecified atom stereocenters. The number of hydrogen-bond donors (Lipinski definition) is 1. The van der Waals surface area contributed by atoms with Crippen LogP contribution in [0.4, 0.5) is 0 Å². The van der Waals surface area contributed by atoms with Gasteiger partial charge in [-0.25, -0.2) is 6.57 Å². The van der Waals surface area contributed by atoms with Crippen molar-refractivity contribution in [2.24, 2.45) is 5.73 Å². The molecule has 0 aliphatic carbocycles. The number of thioether (sulfide) groups is 1. The number of nitrogens with zero attached hydrogens (tertiary/aromatic N) is 1. The van der Waals surface area contributed by atoms with Gasteiger partial charge < -0.3 is 0 Å². The smallest absolute Gasteiger partial charge is 0.283 e. The van der Waals surface area contributed by atoms with Gasteiger partial charge in [0.05, 0.1) is 5.75 Å². The van der Waals surface area contributed by atoms with Crippen molar-refractivity contribution >= 4 is 11.8 Å². The van der Waals surface area contributed by atoms with Crippen LogP contribution in [-0.2, 0) is 0 Å². The molecule has 0 saturated carbocycles. The van der Waals surface area contributed by atoms with E-state index in [-0.39, 0.29) is 6.17 Å². The molecule has 0 saturated heterocycles. The minimum Gasteiger partial charge on any atom is -0.296 e. The van der Waals surface area contributed by atoms with E-state index in [1.807, 2.05) is 0 Å². The van der Waals surface area contributed by atoms with Crippen LogP contribution in [0.2, 0.25) is 0 Å². The lowest BCUT2D eigenvalue weighted by atomic mass is 10.1. The zero-order valence-corrected chi connectivity index (χ0v) is 14.8. The molecule has 3 heteroatoms. The van der Waals surface area contributed by atoms with Crippen molar-refractivity contribution in [3.05, 3.63) is 46.4 Å². The molecule has 0 fully saturated rings. The quantitative estimate of drug-likeness (QED) is 0.335. The van der Waals surface area contributed by atoms with E-state index in [0.29, 0.717) is 0 Å². The van der Waals surface area contributed by atoms with Crippen molar-refractivity contribution in [3.8, 4) is 0 Å². The van der Waals surface area contributed by atoms with Crippen LogP contribution in [-0.4, -0.2) is 17.7 Å². The number of hydrogen-bond acceptors (Lipinski definition) is 2. The van der Waals surface area contributed by atoms with Gasteiger partial charge in [0, 0.05) is 5.75 Å². The lowest BCUT2D eigenvalue weighted by Gasteiger charge is -2.02. The molecule has 0 heterocycles. The van der Waals surface area contributed by atoms with Gasteiger partial charge in [0.25, 0.3) is 6.17 Å². The van der Waals surface area contributed by atoms with Gasteiger partial charge >= 0.3 is 0 Å². The zero-order valence-electron chi connectivity index (χ0n) is 14.0. The Labute approximate surface area is 135 Å². The van der Waals surface area contributed by atoms with Crippen LogP contribution in [0.5, 0.6) is 0 Å². The largest absolute Gasteiger partial charge is 0.296 e. The van der Waals surface area contributed by atoms with Crippen LogP contribution in [0.25, 0.3) is 4.85 Å². The van der Waals surface area contributed by atoms with Crippen molar-refractivity contribution in [2.75, 3.05) is 11.5 Å². The van der Waals surface area contributed by atoms with E-state index < -0.39 is 0 Å². The molecule has 2 N–H and O–H groups in total. The third kappa shape index (κ3) is 13.7. The molecule has 0 aromatic heterocycles. The molecule has 21 heavy (non-hydrogen) atoms. The van der Waals surface area contributed by atoms with Gasteiger partial charge in [0.2, 0.25) is 0 Å². The van der Waals surface area contributed by atoms with E-state index in [1.165, 1.54) is 16.7 Å². The number of nitrogens with two attached hydrogens (primary N) is 1. The van der Waals surface area contributed by atoms with Gasteiger partial charge in [0.15, 0.2) is 0 Å². The van der Waals surface area contributed by atoms with Crippen LogP contribution < -0.4 is 5.73 Å². The average Bonchev–Trinajstić information content (AvgIpc) is 2.42. The van der Waals surface area contributed by atoms with Gasteiger partial charge in [-0.2, -0.15) is 0 Å². The summed E-state index contributed by atoms with van der Waals surface area (Å²) in [6.45, 7) is 15.5. The molecular formula is C18H30N2S. The summed E-state index contributed by atoms with van der Waals surface area (Å²) in [6, 6.07) is 0. The highest BCUT2D eigenvalue weighted by molar-refractivity contribution is 7.99. The normalized spacial score (nSPS) is 13.7. The summed E-state index contributed by atoms with van der Waals surface area (Å²) in [5, 5.41) is 0. The molecule has 0 aromatic carbocycles. The maximum absolute atomic E-state index is 6.79. The molecule has 0 aliphatic rings. The highest BCUT2D eigenvalue weighted by atomic mass is 32.2. The van der Waals surface area contributed by atoms with Crippen LogP contribution in [0, 0.1) is 6.57 Å². The van der Waals surface area contributed by atoms with E-state index in [9.17, 15) is 0 Å². The second-order valence-electron chi connectivity index (χ2n) is 5.69. The fraction of sp³-hybridized carbons (Fsp3) is 0.611. The third-order valence-corrected chi connectivity index (χ3v) is 4.11. The first-order chi connectivity index (χ1) is 9.95. The monoisotopic (exact) mass is 306 g/mol. The van der Waals surface area contributed by atoms with Crippen LogP contribution in [0.3, 0.4) is 0 Å². The summed E-state index contributed by atoms with van der Waals surface area (Å²) in [5.41, 5.74) is 9.86. The van der Waals surface area contributed by atoms with E-state index in [2.05, 4.69) is 50.8 Å². The van der Waals surface area contributed by atoms with Crippen molar-refractivity contribution in [2.45, 2.75) is 59.5 Å². The predicted octanol–water partition coefficient (Wildman–Crippen LogP) is 5.34. The molecule has 0 aromatic rings. The van der Waals surface area contributed by atoms with Gasteiger partial charge in [-0.05, 0) is 53.4 Å². The molecule has 118 valence electrons. The Kier molecular flexibility index (Phi) is 12.1. The maximum atomic E-state index is 6.79. The maximum Gasteiger partial charge on any atom is 0.283 e. The average molecular weight is 307 g/mol. The summed E-state index contributed by atoms with van der Waals surface area (Å²) in [6.07, 6.45) is 11.1. The molecule has 0 spiro atoms. The number of allylic oxidation sites excluding steroid dienone is 5. The first-order valence-electron chi connectivity index (χ1n) is 7.60. The van der Waals surface area contributed by atoms with Crippen LogP contribution in [0.15, 0.2) is 34.9 Å². The molecular weight excluding hydrogens is 276 g/mol. The first-order valence-corrected chi connectivity index (χ1v) is 8.75. The molecule has 0 rings (SSSR count). The van der Waals surface area contributed by atoms with E-state index in [4.69, 9.17) is 12.3 Å². The molecule has 0 aliphatic heterocycles.